The van der Waals surface area contributed by atoms with Crippen molar-refractivity contribution in [1.82, 2.24) is 0 Å². The topological polar surface area (TPSA) is 67.4 Å². The Morgan fingerprint density at radius 1 is 0.958 bits per heavy atom. The summed E-state index contributed by atoms with van der Waals surface area (Å²) in [7, 11) is 1.57. The lowest BCUT2D eigenvalue weighted by Crippen LogP contribution is -2.29. The molecule has 126 valence electrons. The lowest BCUT2D eigenvalue weighted by Gasteiger charge is -2.16. The van der Waals surface area contributed by atoms with Gasteiger partial charge in [0.1, 0.15) is 5.75 Å². The van der Waals surface area contributed by atoms with E-state index in [1.807, 2.05) is 39.0 Å². The number of amides is 2. The molecule has 2 N–H and O–H groups in total. The molecule has 0 aliphatic rings. The Morgan fingerprint density at radius 3 is 2.17 bits per heavy atom. The van der Waals surface area contributed by atoms with Crippen molar-refractivity contribution in [3.8, 4) is 5.75 Å². The first-order valence-corrected chi connectivity index (χ1v) is 7.78. The molecular weight excluding hydrogens is 304 g/mol. The molecule has 0 saturated heterocycles. The second kappa shape index (κ2) is 7.64. The van der Waals surface area contributed by atoms with Crippen molar-refractivity contribution < 1.29 is 14.3 Å². The molecule has 0 saturated carbocycles. The van der Waals surface area contributed by atoms with Crippen LogP contribution in [0.2, 0.25) is 0 Å². The van der Waals surface area contributed by atoms with Crippen molar-refractivity contribution in [2.75, 3.05) is 17.7 Å². The van der Waals surface area contributed by atoms with Crippen LogP contribution in [0.1, 0.15) is 30.9 Å². The number of ether oxygens (including phenoxy) is 1. The molecule has 0 spiro atoms. The molecule has 0 unspecified atom stereocenters. The molecule has 2 amide bonds. The van der Waals surface area contributed by atoms with E-state index in [0.717, 1.165) is 11.1 Å². The van der Waals surface area contributed by atoms with Crippen LogP contribution in [0.4, 0.5) is 11.4 Å². The van der Waals surface area contributed by atoms with Gasteiger partial charge in [-0.25, -0.2) is 0 Å². The minimum atomic E-state index is -0.710. The van der Waals surface area contributed by atoms with E-state index >= 15 is 0 Å². The summed E-state index contributed by atoms with van der Waals surface area (Å²) in [5, 5.41) is 5.30. The van der Waals surface area contributed by atoms with Crippen LogP contribution in [0, 0.1) is 6.92 Å². The van der Waals surface area contributed by atoms with E-state index in [4.69, 9.17) is 4.74 Å². The first kappa shape index (κ1) is 17.5. The Hall–Kier alpha value is -2.82. The van der Waals surface area contributed by atoms with Crippen molar-refractivity contribution in [2.24, 2.45) is 0 Å². The molecule has 5 nitrogen and oxygen atoms in total. The number of carbonyl (C=O) groups is 2. The maximum absolute atomic E-state index is 12.2. The van der Waals surface area contributed by atoms with Gasteiger partial charge in [0.05, 0.1) is 7.11 Å². The number of nitrogens with one attached hydrogen (secondary N) is 2. The van der Waals surface area contributed by atoms with E-state index in [1.165, 1.54) is 0 Å². The highest BCUT2D eigenvalue weighted by molar-refractivity contribution is 6.43. The number of para-hydroxylation sites is 1. The Kier molecular flexibility index (Phi) is 5.58. The Morgan fingerprint density at radius 2 is 1.58 bits per heavy atom. The van der Waals surface area contributed by atoms with E-state index in [2.05, 4.69) is 10.6 Å². The Balaban J connectivity index is 2.10. The van der Waals surface area contributed by atoms with Crippen LogP contribution in [0.5, 0.6) is 5.75 Å². The highest BCUT2D eigenvalue weighted by Crippen LogP contribution is 2.27. The second-order valence-electron chi connectivity index (χ2n) is 5.83. The average Bonchev–Trinajstić information content (AvgIpc) is 2.57. The molecule has 2 rings (SSSR count). The van der Waals surface area contributed by atoms with E-state index in [-0.39, 0.29) is 5.92 Å². The van der Waals surface area contributed by atoms with Crippen LogP contribution in [0.15, 0.2) is 42.5 Å². The zero-order valence-electron chi connectivity index (χ0n) is 14.3. The molecule has 0 fully saturated rings. The maximum atomic E-state index is 12.2. The Bertz CT molecular complexity index is 737. The molecular formula is C19H22N2O3. The van der Waals surface area contributed by atoms with Gasteiger partial charge in [-0.15, -0.1) is 0 Å². The minimum absolute atomic E-state index is 0.241. The number of carbonyl (C=O) groups excluding carboxylic acids is 2. The first-order valence-electron chi connectivity index (χ1n) is 7.78. The number of hydrogen-bond acceptors (Lipinski definition) is 3. The first-order chi connectivity index (χ1) is 11.4. The summed E-state index contributed by atoms with van der Waals surface area (Å²) in [5.41, 5.74) is 3.15. The summed E-state index contributed by atoms with van der Waals surface area (Å²) < 4.78 is 5.06. The fraction of sp³-hybridized carbons (Fsp3) is 0.263. The number of hydrogen-bond donors (Lipinski definition) is 2. The van der Waals surface area contributed by atoms with E-state index in [1.54, 1.807) is 31.4 Å². The van der Waals surface area contributed by atoms with Crippen LogP contribution >= 0.6 is 0 Å². The molecule has 0 heterocycles. The summed E-state index contributed by atoms with van der Waals surface area (Å²) in [6, 6.07) is 12.6. The lowest BCUT2D eigenvalue weighted by atomic mass is 9.98. The minimum Gasteiger partial charge on any atom is -0.497 e. The van der Waals surface area contributed by atoms with Crippen LogP contribution in [-0.2, 0) is 9.59 Å². The van der Waals surface area contributed by atoms with Crippen LogP contribution in [0.25, 0.3) is 0 Å². The van der Waals surface area contributed by atoms with Gasteiger partial charge < -0.3 is 15.4 Å². The van der Waals surface area contributed by atoms with Crippen molar-refractivity contribution in [1.29, 1.82) is 0 Å². The van der Waals surface area contributed by atoms with E-state index < -0.39 is 11.8 Å². The number of methoxy groups -OCH3 is 1. The molecule has 24 heavy (non-hydrogen) atoms. The van der Waals surface area contributed by atoms with Gasteiger partial charge in [0.2, 0.25) is 0 Å². The maximum Gasteiger partial charge on any atom is 0.314 e. The number of rotatable bonds is 4. The zero-order chi connectivity index (χ0) is 17.7. The molecule has 0 bridgehead atoms. The normalized spacial score (nSPS) is 10.4. The van der Waals surface area contributed by atoms with Crippen LogP contribution < -0.4 is 15.4 Å². The predicted molar refractivity (Wildman–Crippen MR) is 95.5 cm³/mol. The van der Waals surface area contributed by atoms with Gasteiger partial charge in [-0.1, -0.05) is 32.0 Å². The molecule has 0 aromatic heterocycles. The van der Waals surface area contributed by atoms with Gasteiger partial charge in [-0.3, -0.25) is 9.59 Å². The van der Waals surface area contributed by atoms with Crippen LogP contribution in [0.3, 0.4) is 0 Å². The van der Waals surface area contributed by atoms with E-state index in [0.29, 0.717) is 17.1 Å². The van der Waals surface area contributed by atoms with Crippen molar-refractivity contribution in [3.05, 3.63) is 53.6 Å². The molecule has 2 aromatic rings. The predicted octanol–water partition coefficient (Wildman–Crippen LogP) is 3.70. The number of aryl methyl sites for hydroxylation is 1. The fourth-order valence-corrected chi connectivity index (χ4v) is 2.37. The average molecular weight is 326 g/mol. The van der Waals surface area contributed by atoms with Crippen LogP contribution in [-0.4, -0.2) is 18.9 Å². The van der Waals surface area contributed by atoms with Crippen molar-refractivity contribution in [2.45, 2.75) is 26.7 Å². The smallest absolute Gasteiger partial charge is 0.314 e. The number of anilines is 2. The third-order valence-electron chi connectivity index (χ3n) is 3.72. The van der Waals surface area contributed by atoms with E-state index in [9.17, 15) is 9.59 Å². The zero-order valence-corrected chi connectivity index (χ0v) is 14.3. The summed E-state index contributed by atoms with van der Waals surface area (Å²) in [5.74, 6) is -0.482. The van der Waals surface area contributed by atoms with Gasteiger partial charge in [-0.05, 0) is 48.2 Å². The third-order valence-corrected chi connectivity index (χ3v) is 3.72. The fourth-order valence-electron chi connectivity index (χ4n) is 2.37. The SMILES string of the molecule is COc1ccc(NC(=O)C(=O)Nc2c(C)cccc2C(C)C)cc1. The second-order valence-corrected chi connectivity index (χ2v) is 5.83. The van der Waals surface area contributed by atoms with Gasteiger partial charge in [0, 0.05) is 11.4 Å². The largest absolute Gasteiger partial charge is 0.497 e. The van der Waals surface area contributed by atoms with Gasteiger partial charge in [0.15, 0.2) is 0 Å². The van der Waals surface area contributed by atoms with Gasteiger partial charge in [0.25, 0.3) is 0 Å². The summed E-state index contributed by atoms with van der Waals surface area (Å²) in [6.07, 6.45) is 0. The lowest BCUT2D eigenvalue weighted by molar-refractivity contribution is -0.133. The van der Waals surface area contributed by atoms with Crippen molar-refractivity contribution in [3.63, 3.8) is 0 Å². The summed E-state index contributed by atoms with van der Waals surface area (Å²) >= 11 is 0. The molecule has 0 atom stereocenters. The molecule has 5 heteroatoms. The van der Waals surface area contributed by atoms with Crippen molar-refractivity contribution >= 4 is 23.2 Å². The number of benzene rings is 2. The quantitative estimate of drug-likeness (QED) is 0.842. The standard InChI is InChI=1S/C19H22N2O3/c1-12(2)16-7-5-6-13(3)17(16)21-19(23)18(22)20-14-8-10-15(24-4)11-9-14/h5-12H,1-4H3,(H,20,22)(H,21,23). The third kappa shape index (κ3) is 4.13. The molecule has 0 radical (unpaired) electrons. The van der Waals surface area contributed by atoms with Gasteiger partial charge in [-0.2, -0.15) is 0 Å². The van der Waals surface area contributed by atoms with Gasteiger partial charge >= 0.3 is 11.8 Å². The highest BCUT2D eigenvalue weighted by atomic mass is 16.5. The Labute approximate surface area is 142 Å². The monoisotopic (exact) mass is 326 g/mol. The summed E-state index contributed by atoms with van der Waals surface area (Å²) in [4.78, 5) is 24.3. The molecule has 0 aliphatic carbocycles. The summed E-state index contributed by atoms with van der Waals surface area (Å²) in [6.45, 7) is 5.99. The molecule has 2 aromatic carbocycles. The highest BCUT2D eigenvalue weighted by Gasteiger charge is 2.18. The molecule has 0 aliphatic heterocycles.